The highest BCUT2D eigenvalue weighted by Gasteiger charge is 2.44. The average Bonchev–Trinajstić information content (AvgIpc) is 3.02. The molecule has 0 saturated heterocycles. The number of carbonyl (C=O) groups excluding carboxylic acids is 2. The van der Waals surface area contributed by atoms with E-state index in [9.17, 15) is 22.8 Å². The molecule has 0 aromatic heterocycles. The maximum atomic E-state index is 13.8. The van der Waals surface area contributed by atoms with E-state index in [0.717, 1.165) is 30.6 Å². The molecule has 1 aliphatic heterocycles. The number of amides is 1. The maximum Gasteiger partial charge on any atom is 0.425 e. The summed E-state index contributed by atoms with van der Waals surface area (Å²) in [5, 5.41) is 0. The van der Waals surface area contributed by atoms with Crippen LogP contribution in [-0.4, -0.2) is 48.1 Å². The largest absolute Gasteiger partial charge is 0.494 e. The van der Waals surface area contributed by atoms with Crippen LogP contribution in [0.5, 0.6) is 11.5 Å². The lowest BCUT2D eigenvalue weighted by Gasteiger charge is -2.30. The first-order chi connectivity index (χ1) is 21.2. The van der Waals surface area contributed by atoms with Gasteiger partial charge in [-0.15, -0.1) is 0 Å². The summed E-state index contributed by atoms with van der Waals surface area (Å²) in [6.07, 6.45) is 3.03. The van der Waals surface area contributed by atoms with Crippen LogP contribution >= 0.6 is 0 Å². The average molecular weight is 617 g/mol. The van der Waals surface area contributed by atoms with Crippen molar-refractivity contribution in [1.29, 1.82) is 0 Å². The monoisotopic (exact) mass is 616 g/mol. The van der Waals surface area contributed by atoms with Gasteiger partial charge in [-0.1, -0.05) is 83.4 Å². The lowest BCUT2D eigenvalue weighted by Crippen LogP contribution is -2.48. The Morgan fingerprint density at radius 3 is 2.14 bits per heavy atom. The zero-order chi connectivity index (χ0) is 31.8. The third-order valence-electron chi connectivity index (χ3n) is 7.17. The minimum atomic E-state index is -4.76. The molecule has 240 valence electrons. The van der Waals surface area contributed by atoms with Crippen LogP contribution in [0.1, 0.15) is 90.0 Å². The Morgan fingerprint density at radius 1 is 0.841 bits per heavy atom. The summed E-state index contributed by atoms with van der Waals surface area (Å²) in [6, 6.07) is 13.7. The van der Waals surface area contributed by atoms with Gasteiger partial charge in [0.15, 0.2) is 12.1 Å². The van der Waals surface area contributed by atoms with Crippen molar-refractivity contribution in [2.75, 3.05) is 6.61 Å². The fraction of sp³-hybridized carbons (Fsp3) is 0.500. The van der Waals surface area contributed by atoms with E-state index in [-0.39, 0.29) is 24.3 Å². The summed E-state index contributed by atoms with van der Waals surface area (Å²) in [4.78, 5) is 31.5. The van der Waals surface area contributed by atoms with Crippen LogP contribution in [-0.2, 0) is 9.53 Å². The standard InChI is InChI=1S/C34H43F3N2O5/c1-3-5-7-9-10-15-23-42-27-21-19-26(20-22-27)29-25-39(30(24-38-29)32(40)43-28-16-12-11-13-17-28)33(41)44-31(34(35,36)37)18-14-8-6-4-2/h11-13,16-17,19-22,24-25,30-31H,3-10,14-15,18,23H2,1-2H3. The van der Waals surface area contributed by atoms with Crippen molar-refractivity contribution in [2.45, 2.75) is 103 Å². The van der Waals surface area contributed by atoms with E-state index in [1.54, 1.807) is 54.6 Å². The number of halogens is 3. The molecule has 2 aromatic rings. The number of aliphatic imine (C=N–C) groups is 1. The Bertz CT molecular complexity index is 1220. The van der Waals surface area contributed by atoms with Gasteiger partial charge in [0.2, 0.25) is 0 Å². The van der Waals surface area contributed by atoms with Crippen LogP contribution in [0.2, 0.25) is 0 Å². The van der Waals surface area contributed by atoms with Gasteiger partial charge in [0.05, 0.1) is 12.3 Å². The molecule has 2 unspecified atom stereocenters. The minimum absolute atomic E-state index is 0.217. The van der Waals surface area contributed by atoms with E-state index < -0.39 is 30.4 Å². The van der Waals surface area contributed by atoms with Gasteiger partial charge in [-0.05, 0) is 55.7 Å². The van der Waals surface area contributed by atoms with Crippen LogP contribution in [0.25, 0.3) is 5.70 Å². The fourth-order valence-corrected chi connectivity index (χ4v) is 4.65. The lowest BCUT2D eigenvalue weighted by atomic mass is 10.1. The topological polar surface area (TPSA) is 77.4 Å². The zero-order valence-electron chi connectivity index (χ0n) is 25.6. The van der Waals surface area contributed by atoms with Crippen LogP contribution < -0.4 is 9.47 Å². The normalized spacial score (nSPS) is 15.4. The summed E-state index contributed by atoms with van der Waals surface area (Å²) >= 11 is 0. The second-order valence-electron chi connectivity index (χ2n) is 10.8. The third kappa shape index (κ3) is 11.4. The number of nitrogens with zero attached hydrogens (tertiary/aromatic N) is 2. The Hall–Kier alpha value is -3.82. The number of hydrogen-bond acceptors (Lipinski definition) is 6. The number of rotatable bonds is 17. The van der Waals surface area contributed by atoms with Gasteiger partial charge in [0.1, 0.15) is 11.5 Å². The molecule has 0 spiro atoms. The van der Waals surface area contributed by atoms with E-state index in [1.165, 1.54) is 38.1 Å². The van der Waals surface area contributed by atoms with Crippen LogP contribution in [0, 0.1) is 0 Å². The summed E-state index contributed by atoms with van der Waals surface area (Å²) in [7, 11) is 0. The Labute approximate surface area is 258 Å². The molecule has 0 aliphatic carbocycles. The highest BCUT2D eigenvalue weighted by atomic mass is 19.4. The molecule has 1 aliphatic rings. The highest BCUT2D eigenvalue weighted by molar-refractivity contribution is 6.01. The van der Waals surface area contributed by atoms with Gasteiger partial charge in [-0.3, -0.25) is 9.89 Å². The summed E-state index contributed by atoms with van der Waals surface area (Å²) in [6.45, 7) is 4.73. The van der Waals surface area contributed by atoms with Crippen LogP contribution in [0.4, 0.5) is 18.0 Å². The molecule has 7 nitrogen and oxygen atoms in total. The minimum Gasteiger partial charge on any atom is -0.494 e. The van der Waals surface area contributed by atoms with Crippen molar-refractivity contribution < 1.29 is 37.0 Å². The molecule has 0 radical (unpaired) electrons. The highest BCUT2D eigenvalue weighted by Crippen LogP contribution is 2.30. The molecule has 0 N–H and O–H groups in total. The molecule has 0 saturated carbocycles. The number of carbonyl (C=O) groups is 2. The molecule has 2 aromatic carbocycles. The van der Waals surface area contributed by atoms with E-state index in [0.29, 0.717) is 24.3 Å². The molecule has 1 heterocycles. The van der Waals surface area contributed by atoms with Gasteiger partial charge >= 0.3 is 18.2 Å². The van der Waals surface area contributed by atoms with Gasteiger partial charge in [-0.2, -0.15) is 13.2 Å². The molecule has 0 bridgehead atoms. The number of benzene rings is 2. The first-order valence-corrected chi connectivity index (χ1v) is 15.5. The number of para-hydroxylation sites is 1. The summed E-state index contributed by atoms with van der Waals surface area (Å²) in [5.41, 5.74) is 0.840. The van der Waals surface area contributed by atoms with Gasteiger partial charge in [0.25, 0.3) is 0 Å². The predicted octanol–water partition coefficient (Wildman–Crippen LogP) is 9.12. The quantitative estimate of drug-likeness (QED) is 0.101. The number of hydrogen-bond donors (Lipinski definition) is 0. The molecular formula is C34H43F3N2O5. The fourth-order valence-electron chi connectivity index (χ4n) is 4.65. The number of ether oxygens (including phenoxy) is 3. The predicted molar refractivity (Wildman–Crippen MR) is 165 cm³/mol. The second kappa shape index (κ2) is 18.1. The second-order valence-corrected chi connectivity index (χ2v) is 10.8. The molecule has 1 amide bonds. The van der Waals surface area contributed by atoms with Crippen LogP contribution in [0.3, 0.4) is 0 Å². The van der Waals surface area contributed by atoms with E-state index >= 15 is 0 Å². The van der Waals surface area contributed by atoms with Gasteiger partial charge in [0, 0.05) is 18.0 Å². The number of esters is 1. The summed E-state index contributed by atoms with van der Waals surface area (Å²) < 4.78 is 57.7. The van der Waals surface area contributed by atoms with E-state index in [1.807, 2.05) is 6.92 Å². The Balaban J connectivity index is 1.74. The maximum absolute atomic E-state index is 13.8. The lowest BCUT2D eigenvalue weighted by molar-refractivity contribution is -0.207. The van der Waals surface area contributed by atoms with Crippen molar-refractivity contribution in [1.82, 2.24) is 4.90 Å². The molecule has 44 heavy (non-hydrogen) atoms. The summed E-state index contributed by atoms with van der Waals surface area (Å²) in [5.74, 6) is -0.00819. The molecule has 2 atom stereocenters. The Kier molecular flexibility index (Phi) is 14.3. The van der Waals surface area contributed by atoms with E-state index in [4.69, 9.17) is 14.2 Å². The smallest absolute Gasteiger partial charge is 0.425 e. The Morgan fingerprint density at radius 2 is 1.48 bits per heavy atom. The first-order valence-electron chi connectivity index (χ1n) is 15.5. The van der Waals surface area contributed by atoms with Crippen molar-refractivity contribution in [2.24, 2.45) is 4.99 Å². The molecular weight excluding hydrogens is 573 g/mol. The zero-order valence-corrected chi connectivity index (χ0v) is 25.6. The molecule has 3 rings (SSSR count). The third-order valence-corrected chi connectivity index (χ3v) is 7.17. The molecule has 0 fully saturated rings. The SMILES string of the molecule is CCCCCCCCOc1ccc(C2=CN(C(=O)OC(CCCCCC)C(F)(F)F)C(C(=O)Oc3ccccc3)C=N2)cc1. The van der Waals surface area contributed by atoms with Crippen LogP contribution in [0.15, 0.2) is 65.8 Å². The van der Waals surface area contributed by atoms with E-state index in [2.05, 4.69) is 11.9 Å². The van der Waals surface area contributed by atoms with Gasteiger partial charge in [-0.25, -0.2) is 9.59 Å². The van der Waals surface area contributed by atoms with Crippen molar-refractivity contribution in [3.05, 3.63) is 66.4 Å². The molecule has 10 heteroatoms. The van der Waals surface area contributed by atoms with Crippen molar-refractivity contribution in [3.8, 4) is 11.5 Å². The first kappa shape index (κ1) is 34.7. The van der Waals surface area contributed by atoms with Crippen molar-refractivity contribution in [3.63, 3.8) is 0 Å². The van der Waals surface area contributed by atoms with Gasteiger partial charge < -0.3 is 14.2 Å². The number of unbranched alkanes of at least 4 members (excludes halogenated alkanes) is 8. The van der Waals surface area contributed by atoms with Crippen molar-refractivity contribution >= 4 is 24.0 Å². The number of alkyl halides is 3.